The minimum absolute atomic E-state index is 0.210. The molecule has 1 aromatic heterocycles. The van der Waals surface area contributed by atoms with Gasteiger partial charge in [-0.2, -0.15) is 0 Å². The molecule has 5 nitrogen and oxygen atoms in total. The minimum atomic E-state index is -0.472. The van der Waals surface area contributed by atoms with E-state index in [9.17, 15) is 4.79 Å². The first-order valence-electron chi connectivity index (χ1n) is 7.84. The molecule has 0 saturated carbocycles. The summed E-state index contributed by atoms with van der Waals surface area (Å²) in [5, 5.41) is 1.47. The van der Waals surface area contributed by atoms with Gasteiger partial charge in [0.05, 0.1) is 18.7 Å². The van der Waals surface area contributed by atoms with E-state index in [0.29, 0.717) is 0 Å². The van der Waals surface area contributed by atoms with Crippen LogP contribution in [0.25, 0.3) is 5.57 Å². The molecule has 1 aromatic carbocycles. The van der Waals surface area contributed by atoms with Gasteiger partial charge >= 0.3 is 0 Å². The standard InChI is InChI=1S/C19H21N3O2/c1-12-6-4-8-16(21-12)19-15(10-22(20)17(19)11-23)14-7-5-9-18(24-3)13(14)2/h4-11,17,19H,20H2,1-3H3. The van der Waals surface area contributed by atoms with Gasteiger partial charge in [0.15, 0.2) is 0 Å². The van der Waals surface area contributed by atoms with Crippen molar-refractivity contribution in [3.8, 4) is 5.75 Å². The number of pyridine rings is 1. The highest BCUT2D eigenvalue weighted by molar-refractivity contribution is 5.82. The molecule has 5 heteroatoms. The fraction of sp³-hybridized carbons (Fsp3) is 0.263. The number of ether oxygens (including phenoxy) is 1. The van der Waals surface area contributed by atoms with E-state index in [4.69, 9.17) is 10.6 Å². The molecule has 2 atom stereocenters. The predicted octanol–water partition coefficient (Wildman–Crippen LogP) is 2.59. The van der Waals surface area contributed by atoms with Gasteiger partial charge in [-0.15, -0.1) is 0 Å². The van der Waals surface area contributed by atoms with Crippen molar-refractivity contribution >= 4 is 11.9 Å². The van der Waals surface area contributed by atoms with Crippen LogP contribution in [0.4, 0.5) is 0 Å². The van der Waals surface area contributed by atoms with Crippen molar-refractivity contribution in [3.63, 3.8) is 0 Å². The summed E-state index contributed by atoms with van der Waals surface area (Å²) in [7, 11) is 1.65. The van der Waals surface area contributed by atoms with Crippen molar-refractivity contribution in [2.24, 2.45) is 5.84 Å². The van der Waals surface area contributed by atoms with Gasteiger partial charge in [-0.3, -0.25) is 4.98 Å². The molecule has 1 aliphatic rings. The molecule has 3 rings (SSSR count). The van der Waals surface area contributed by atoms with E-state index >= 15 is 0 Å². The van der Waals surface area contributed by atoms with E-state index in [0.717, 1.165) is 40.1 Å². The number of rotatable bonds is 4. The third kappa shape index (κ3) is 2.67. The first-order chi connectivity index (χ1) is 11.6. The first-order valence-corrected chi connectivity index (χ1v) is 7.84. The number of carbonyl (C=O) groups is 1. The van der Waals surface area contributed by atoms with E-state index < -0.39 is 6.04 Å². The summed E-state index contributed by atoms with van der Waals surface area (Å²) < 4.78 is 5.43. The van der Waals surface area contributed by atoms with Crippen LogP contribution in [0.3, 0.4) is 0 Å². The molecule has 2 N–H and O–H groups in total. The minimum Gasteiger partial charge on any atom is -0.496 e. The zero-order chi connectivity index (χ0) is 17.3. The number of hydrogen-bond donors (Lipinski definition) is 1. The van der Waals surface area contributed by atoms with Gasteiger partial charge in [0.1, 0.15) is 18.1 Å². The number of benzene rings is 1. The van der Waals surface area contributed by atoms with Gasteiger partial charge in [0, 0.05) is 11.9 Å². The van der Waals surface area contributed by atoms with Crippen molar-refractivity contribution in [3.05, 3.63) is 65.1 Å². The van der Waals surface area contributed by atoms with Crippen LogP contribution in [0, 0.1) is 13.8 Å². The van der Waals surface area contributed by atoms with Crippen LogP contribution < -0.4 is 10.6 Å². The Labute approximate surface area is 141 Å². The highest BCUT2D eigenvalue weighted by Crippen LogP contribution is 2.42. The van der Waals surface area contributed by atoms with Crippen molar-refractivity contribution in [1.29, 1.82) is 0 Å². The second-order valence-corrected chi connectivity index (χ2v) is 5.97. The molecule has 0 aliphatic carbocycles. The molecule has 0 spiro atoms. The Kier molecular flexibility index (Phi) is 4.36. The Hall–Kier alpha value is -2.66. The van der Waals surface area contributed by atoms with Crippen molar-refractivity contribution in [2.75, 3.05) is 7.11 Å². The summed E-state index contributed by atoms with van der Waals surface area (Å²) in [4.78, 5) is 16.3. The van der Waals surface area contributed by atoms with E-state index in [2.05, 4.69) is 4.98 Å². The maximum absolute atomic E-state index is 11.7. The van der Waals surface area contributed by atoms with Crippen LogP contribution in [0.5, 0.6) is 5.75 Å². The number of aldehydes is 1. The molecule has 2 heterocycles. The van der Waals surface area contributed by atoms with Gasteiger partial charge < -0.3 is 14.5 Å². The Bertz CT molecular complexity index is 801. The predicted molar refractivity (Wildman–Crippen MR) is 93.3 cm³/mol. The Morgan fingerprint density at radius 2 is 1.96 bits per heavy atom. The Morgan fingerprint density at radius 3 is 2.62 bits per heavy atom. The molecule has 0 bridgehead atoms. The van der Waals surface area contributed by atoms with Crippen LogP contribution >= 0.6 is 0 Å². The van der Waals surface area contributed by atoms with Crippen LogP contribution in [-0.4, -0.2) is 29.4 Å². The lowest BCUT2D eigenvalue weighted by atomic mass is 9.85. The van der Waals surface area contributed by atoms with Gasteiger partial charge in [-0.25, -0.2) is 5.84 Å². The summed E-state index contributed by atoms with van der Waals surface area (Å²) in [6, 6.07) is 11.2. The zero-order valence-electron chi connectivity index (χ0n) is 14.1. The highest BCUT2D eigenvalue weighted by atomic mass is 16.5. The molecule has 1 aliphatic heterocycles. The van der Waals surface area contributed by atoms with E-state index in [1.165, 1.54) is 5.01 Å². The largest absolute Gasteiger partial charge is 0.496 e. The van der Waals surface area contributed by atoms with Crippen LogP contribution in [0.15, 0.2) is 42.6 Å². The molecule has 0 radical (unpaired) electrons. The van der Waals surface area contributed by atoms with Gasteiger partial charge in [-0.05, 0) is 48.7 Å². The number of hydrazine groups is 1. The molecule has 2 aromatic rings. The van der Waals surface area contributed by atoms with Crippen LogP contribution in [0.1, 0.15) is 28.4 Å². The maximum atomic E-state index is 11.7. The van der Waals surface area contributed by atoms with Gasteiger partial charge in [-0.1, -0.05) is 18.2 Å². The normalized spacial score (nSPS) is 20.0. The van der Waals surface area contributed by atoms with Crippen molar-refractivity contribution in [2.45, 2.75) is 25.8 Å². The van der Waals surface area contributed by atoms with Crippen molar-refractivity contribution in [1.82, 2.24) is 9.99 Å². The molecule has 124 valence electrons. The summed E-state index contributed by atoms with van der Waals surface area (Å²) in [5.41, 5.74) is 4.76. The number of aromatic nitrogens is 1. The Balaban J connectivity index is 2.14. The number of nitrogens with two attached hydrogens (primary N) is 1. The first kappa shape index (κ1) is 16.2. The number of carbonyl (C=O) groups excluding carboxylic acids is 1. The smallest absolute Gasteiger partial charge is 0.145 e. The molecule has 0 saturated heterocycles. The number of methoxy groups -OCH3 is 1. The SMILES string of the molecule is COc1cccc(C2=CN(N)C(C=O)C2c2cccc(C)n2)c1C. The zero-order valence-corrected chi connectivity index (χ0v) is 14.1. The van der Waals surface area contributed by atoms with Gasteiger partial charge in [0.25, 0.3) is 0 Å². The molecular weight excluding hydrogens is 302 g/mol. The van der Waals surface area contributed by atoms with Gasteiger partial charge in [0.2, 0.25) is 0 Å². The monoisotopic (exact) mass is 323 g/mol. The van der Waals surface area contributed by atoms with E-state index in [-0.39, 0.29) is 5.92 Å². The molecule has 0 fully saturated rings. The third-order valence-electron chi connectivity index (χ3n) is 4.49. The van der Waals surface area contributed by atoms with E-state index in [1.807, 2.05) is 56.4 Å². The fourth-order valence-electron chi connectivity index (χ4n) is 3.29. The average Bonchev–Trinajstić information content (AvgIpc) is 2.91. The molecular formula is C19H21N3O2. The lowest BCUT2D eigenvalue weighted by Gasteiger charge is -2.23. The maximum Gasteiger partial charge on any atom is 0.145 e. The summed E-state index contributed by atoms with van der Waals surface area (Å²) in [5.74, 6) is 6.67. The number of nitrogens with zero attached hydrogens (tertiary/aromatic N) is 2. The molecule has 0 amide bonds. The van der Waals surface area contributed by atoms with Crippen LogP contribution in [-0.2, 0) is 4.79 Å². The highest BCUT2D eigenvalue weighted by Gasteiger charge is 2.37. The number of hydrogen-bond acceptors (Lipinski definition) is 5. The molecule has 24 heavy (non-hydrogen) atoms. The van der Waals surface area contributed by atoms with E-state index in [1.54, 1.807) is 7.11 Å². The topological polar surface area (TPSA) is 68.5 Å². The fourth-order valence-corrected chi connectivity index (χ4v) is 3.29. The second-order valence-electron chi connectivity index (χ2n) is 5.97. The second kappa shape index (κ2) is 6.45. The summed E-state index contributed by atoms with van der Waals surface area (Å²) in [6.07, 6.45) is 2.71. The lowest BCUT2D eigenvalue weighted by molar-refractivity contribution is -0.111. The lowest BCUT2D eigenvalue weighted by Crippen LogP contribution is -2.37. The van der Waals surface area contributed by atoms with Crippen LogP contribution in [0.2, 0.25) is 0 Å². The third-order valence-corrected chi connectivity index (χ3v) is 4.49. The average molecular weight is 323 g/mol. The summed E-state index contributed by atoms with van der Waals surface area (Å²) >= 11 is 0. The Morgan fingerprint density at radius 1 is 1.21 bits per heavy atom. The summed E-state index contributed by atoms with van der Waals surface area (Å²) in [6.45, 7) is 3.94. The molecule has 2 unspecified atom stereocenters. The number of aryl methyl sites for hydroxylation is 1. The quantitative estimate of drug-likeness (QED) is 0.692. The van der Waals surface area contributed by atoms with Crippen molar-refractivity contribution < 1.29 is 9.53 Å².